The molecular weight excluding hydrogens is 540 g/mol. The van der Waals surface area contributed by atoms with Gasteiger partial charge in [0.15, 0.2) is 15.9 Å². The average molecular weight is 563 g/mol. The van der Waals surface area contributed by atoms with Gasteiger partial charge < -0.3 is 5.73 Å². The molecule has 0 saturated heterocycles. The smallest absolute Gasteiger partial charge is 0.219 e. The van der Waals surface area contributed by atoms with Gasteiger partial charge in [0.05, 0.1) is 23.3 Å². The van der Waals surface area contributed by atoms with E-state index in [4.69, 9.17) is 17.3 Å². The number of benzene rings is 1. The Hall–Kier alpha value is -3.52. The molecule has 1 atom stereocenters. The van der Waals surface area contributed by atoms with Crippen LogP contribution in [-0.4, -0.2) is 32.5 Å². The Morgan fingerprint density at radius 2 is 2.03 bits per heavy atom. The number of carbonyl (C=O) groups excluding carboxylic acids is 2. The number of Topliss-reactive ketones (excluding diaryl/α,β-unsaturated/α-hetero) is 2. The zero-order valence-electron chi connectivity index (χ0n) is 20.6. The van der Waals surface area contributed by atoms with Crippen molar-refractivity contribution in [2.24, 2.45) is 11.1 Å². The van der Waals surface area contributed by atoms with Crippen molar-refractivity contribution in [1.29, 1.82) is 5.26 Å². The lowest BCUT2D eigenvalue weighted by Crippen LogP contribution is -2.42. The van der Waals surface area contributed by atoms with Crippen LogP contribution >= 0.6 is 34.7 Å². The number of thioether (sulfide) groups is 1. The molecule has 0 fully saturated rings. The summed E-state index contributed by atoms with van der Waals surface area (Å²) in [4.78, 5) is 32.1. The van der Waals surface area contributed by atoms with Gasteiger partial charge in [0.2, 0.25) is 5.13 Å². The number of anilines is 1. The summed E-state index contributed by atoms with van der Waals surface area (Å²) in [5.41, 5.74) is 9.18. The van der Waals surface area contributed by atoms with Crippen molar-refractivity contribution < 1.29 is 9.59 Å². The number of hydrogen-bond acceptors (Lipinski definition) is 10. The van der Waals surface area contributed by atoms with Crippen molar-refractivity contribution in [1.82, 2.24) is 15.2 Å². The van der Waals surface area contributed by atoms with Crippen LogP contribution in [0, 0.1) is 16.7 Å². The fraction of sp³-hybridized carbons (Fsp3) is 0.259. The quantitative estimate of drug-likeness (QED) is 0.306. The van der Waals surface area contributed by atoms with Gasteiger partial charge in [-0.3, -0.25) is 19.5 Å². The van der Waals surface area contributed by atoms with E-state index in [0.29, 0.717) is 38.5 Å². The highest BCUT2D eigenvalue weighted by atomic mass is 35.5. The highest BCUT2D eigenvalue weighted by Gasteiger charge is 2.45. The molecular formula is C27H23ClN6O2S2. The molecule has 11 heteroatoms. The summed E-state index contributed by atoms with van der Waals surface area (Å²) in [5, 5.41) is 19.8. The summed E-state index contributed by atoms with van der Waals surface area (Å²) in [6.45, 7) is 4.07. The van der Waals surface area contributed by atoms with Crippen LogP contribution in [0.4, 0.5) is 5.13 Å². The normalized spacial score (nSPS) is 18.8. The van der Waals surface area contributed by atoms with Crippen LogP contribution < -0.4 is 10.6 Å². The number of rotatable bonds is 6. The molecule has 0 bridgehead atoms. The van der Waals surface area contributed by atoms with E-state index in [1.807, 2.05) is 19.9 Å². The third-order valence-electron chi connectivity index (χ3n) is 6.48. The largest absolute Gasteiger partial charge is 0.384 e. The van der Waals surface area contributed by atoms with Gasteiger partial charge >= 0.3 is 0 Å². The molecule has 5 rings (SSSR count). The number of hydrogen-bond donors (Lipinski definition) is 1. The fourth-order valence-electron chi connectivity index (χ4n) is 4.80. The van der Waals surface area contributed by atoms with Crippen molar-refractivity contribution >= 4 is 51.4 Å². The van der Waals surface area contributed by atoms with Crippen LogP contribution in [0.5, 0.6) is 0 Å². The van der Waals surface area contributed by atoms with Gasteiger partial charge in [-0.2, -0.15) is 5.26 Å². The first-order chi connectivity index (χ1) is 18.2. The Labute approximate surface area is 233 Å². The summed E-state index contributed by atoms with van der Waals surface area (Å²) in [5.74, 6) is -0.287. The Morgan fingerprint density at radius 1 is 1.26 bits per heavy atom. The lowest BCUT2D eigenvalue weighted by atomic mass is 9.69. The highest BCUT2D eigenvalue weighted by Crippen LogP contribution is 2.50. The molecule has 1 aromatic carbocycles. The van der Waals surface area contributed by atoms with Crippen molar-refractivity contribution in [3.63, 3.8) is 0 Å². The van der Waals surface area contributed by atoms with Gasteiger partial charge in [0.1, 0.15) is 5.82 Å². The Bertz CT molecular complexity index is 1520. The van der Waals surface area contributed by atoms with E-state index in [1.165, 1.54) is 23.1 Å². The summed E-state index contributed by atoms with van der Waals surface area (Å²) in [6, 6.07) is 12.6. The van der Waals surface area contributed by atoms with Gasteiger partial charge in [-0.1, -0.05) is 54.6 Å². The lowest BCUT2D eigenvalue weighted by Gasteiger charge is -2.42. The molecule has 0 saturated carbocycles. The zero-order valence-corrected chi connectivity index (χ0v) is 23.0. The molecule has 0 spiro atoms. The number of aromatic nitrogens is 3. The molecule has 3 heterocycles. The average Bonchev–Trinajstić information content (AvgIpc) is 3.35. The third kappa shape index (κ3) is 4.97. The number of ketones is 2. The van der Waals surface area contributed by atoms with E-state index < -0.39 is 5.92 Å². The SMILES string of the molecule is CC1(C)CC(=O)C2=C(C1)N(c1nnc(SCC(=O)c3ccc(Cl)cc3)s1)C(N)=C(C#N)C2c1cccnc1. The molecule has 38 heavy (non-hydrogen) atoms. The van der Waals surface area contributed by atoms with Crippen LogP contribution in [0.2, 0.25) is 5.02 Å². The first-order valence-corrected chi connectivity index (χ1v) is 14.0. The molecule has 0 amide bonds. The maximum atomic E-state index is 13.6. The highest BCUT2D eigenvalue weighted by molar-refractivity contribution is 8.01. The van der Waals surface area contributed by atoms with Gasteiger partial charge in [-0.05, 0) is 47.7 Å². The predicted octanol–water partition coefficient (Wildman–Crippen LogP) is 5.50. The minimum atomic E-state index is -0.595. The van der Waals surface area contributed by atoms with Crippen LogP contribution in [-0.2, 0) is 4.79 Å². The number of nitrogens with zero attached hydrogens (tertiary/aromatic N) is 5. The Morgan fingerprint density at radius 3 is 2.71 bits per heavy atom. The van der Waals surface area contributed by atoms with Gasteiger partial charge in [-0.15, -0.1) is 10.2 Å². The van der Waals surface area contributed by atoms with Crippen molar-refractivity contribution in [3.05, 3.63) is 87.6 Å². The monoisotopic (exact) mass is 562 g/mol. The fourth-order valence-corrected chi connectivity index (χ4v) is 6.71. The summed E-state index contributed by atoms with van der Waals surface area (Å²) in [7, 11) is 0. The maximum Gasteiger partial charge on any atom is 0.219 e. The molecule has 192 valence electrons. The second-order valence-corrected chi connectivity index (χ2v) is 12.5. The number of halogens is 1. The molecule has 0 radical (unpaired) electrons. The van der Waals surface area contributed by atoms with Crippen molar-refractivity contribution in [3.8, 4) is 6.07 Å². The summed E-state index contributed by atoms with van der Waals surface area (Å²) in [6.07, 6.45) is 4.25. The molecule has 2 aromatic heterocycles. The molecule has 1 unspecified atom stereocenters. The lowest BCUT2D eigenvalue weighted by molar-refractivity contribution is -0.118. The molecule has 1 aliphatic heterocycles. The standard InChI is InChI=1S/C27H23ClN6O2S2/c1-27(2)10-19-23(20(35)11-27)22(16-4-3-9-31-13-16)18(12-29)24(30)34(19)25-32-33-26(38-25)37-14-21(36)15-5-7-17(28)8-6-15/h3-9,13,22H,10-11,14,30H2,1-2H3. The third-order valence-corrected chi connectivity index (χ3v) is 8.77. The number of allylic oxidation sites excluding steroid dienone is 3. The zero-order chi connectivity index (χ0) is 27.0. The van der Waals surface area contributed by atoms with Crippen molar-refractivity contribution in [2.45, 2.75) is 36.9 Å². The topological polar surface area (TPSA) is 126 Å². The maximum absolute atomic E-state index is 13.6. The second kappa shape index (κ2) is 10.3. The summed E-state index contributed by atoms with van der Waals surface area (Å²) < 4.78 is 0.576. The first kappa shape index (κ1) is 26.1. The minimum absolute atomic E-state index is 0.0250. The Kier molecular flexibility index (Phi) is 7.09. The van der Waals surface area contributed by atoms with Crippen LogP contribution in [0.3, 0.4) is 0 Å². The van der Waals surface area contributed by atoms with E-state index >= 15 is 0 Å². The van der Waals surface area contributed by atoms with Gasteiger partial charge in [-0.25, -0.2) is 0 Å². The van der Waals surface area contributed by atoms with Gasteiger partial charge in [0.25, 0.3) is 0 Å². The molecule has 1 aliphatic carbocycles. The number of carbonyl (C=O) groups is 2. The number of pyridine rings is 1. The van der Waals surface area contributed by atoms with Crippen LogP contribution in [0.25, 0.3) is 0 Å². The number of nitriles is 1. The van der Waals surface area contributed by atoms with Crippen LogP contribution in [0.15, 0.2) is 75.8 Å². The van der Waals surface area contributed by atoms with Gasteiger partial charge in [0, 0.05) is 40.7 Å². The van der Waals surface area contributed by atoms with E-state index in [1.54, 1.807) is 47.6 Å². The van der Waals surface area contributed by atoms with E-state index in [9.17, 15) is 14.9 Å². The van der Waals surface area contributed by atoms with E-state index in [0.717, 1.165) is 11.3 Å². The molecule has 3 aromatic rings. The van der Waals surface area contributed by atoms with Crippen LogP contribution in [0.1, 0.15) is 48.5 Å². The number of nitrogens with two attached hydrogens (primary N) is 1. The Balaban J connectivity index is 1.50. The minimum Gasteiger partial charge on any atom is -0.384 e. The predicted molar refractivity (Wildman–Crippen MR) is 148 cm³/mol. The van der Waals surface area contributed by atoms with E-state index in [2.05, 4.69) is 21.3 Å². The molecule has 2 aliphatic rings. The first-order valence-electron chi connectivity index (χ1n) is 11.8. The van der Waals surface area contributed by atoms with Crippen molar-refractivity contribution in [2.75, 3.05) is 10.7 Å². The molecule has 8 nitrogen and oxygen atoms in total. The summed E-state index contributed by atoms with van der Waals surface area (Å²) >= 11 is 8.45. The molecule has 2 N–H and O–H groups in total. The van der Waals surface area contributed by atoms with E-state index in [-0.39, 0.29) is 34.1 Å². The second-order valence-electron chi connectivity index (χ2n) is 9.84.